The first-order valence-corrected chi connectivity index (χ1v) is 5.94. The molecule has 1 saturated heterocycles. The number of nitrogens with two attached hydrogens (primary N) is 1. The minimum absolute atomic E-state index is 0.483. The molecule has 1 aliphatic heterocycles. The van der Waals surface area contributed by atoms with Crippen molar-refractivity contribution in [3.05, 3.63) is 0 Å². The minimum atomic E-state index is 0.483. The fourth-order valence-electron chi connectivity index (χ4n) is 2.57. The first-order valence-electron chi connectivity index (χ1n) is 5.94. The Labute approximate surface area is 88.8 Å². The van der Waals surface area contributed by atoms with E-state index in [1.54, 1.807) is 0 Å². The average molecular weight is 198 g/mol. The second-order valence-corrected chi connectivity index (χ2v) is 5.86. The first-order chi connectivity index (χ1) is 6.51. The lowest BCUT2D eigenvalue weighted by Gasteiger charge is -2.35. The van der Waals surface area contributed by atoms with Crippen molar-refractivity contribution in [2.75, 3.05) is 26.2 Å². The molecule has 14 heavy (non-hydrogen) atoms. The third-order valence-electron chi connectivity index (χ3n) is 2.95. The summed E-state index contributed by atoms with van der Waals surface area (Å²) in [7, 11) is 0. The summed E-state index contributed by atoms with van der Waals surface area (Å²) >= 11 is 0. The molecule has 1 heterocycles. The zero-order valence-electron chi connectivity index (χ0n) is 10.1. The van der Waals surface area contributed by atoms with Crippen LogP contribution in [0, 0.1) is 11.3 Å². The van der Waals surface area contributed by atoms with Crippen LogP contribution < -0.4 is 5.73 Å². The highest BCUT2D eigenvalue weighted by Crippen LogP contribution is 2.29. The van der Waals surface area contributed by atoms with Gasteiger partial charge in [0.15, 0.2) is 0 Å². The van der Waals surface area contributed by atoms with Crippen molar-refractivity contribution in [2.45, 2.75) is 40.0 Å². The van der Waals surface area contributed by atoms with Crippen molar-refractivity contribution in [3.63, 3.8) is 0 Å². The van der Waals surface area contributed by atoms with E-state index in [1.165, 1.54) is 32.4 Å². The van der Waals surface area contributed by atoms with Crippen molar-refractivity contribution in [3.8, 4) is 0 Å². The average Bonchev–Trinajstić information content (AvgIpc) is 2.02. The van der Waals surface area contributed by atoms with Gasteiger partial charge in [-0.3, -0.25) is 0 Å². The van der Waals surface area contributed by atoms with Gasteiger partial charge in [0.25, 0.3) is 0 Å². The lowest BCUT2D eigenvalue weighted by Crippen LogP contribution is -2.39. The Balaban J connectivity index is 2.32. The maximum atomic E-state index is 5.59. The monoisotopic (exact) mass is 198 g/mol. The van der Waals surface area contributed by atoms with E-state index in [1.807, 2.05) is 0 Å². The van der Waals surface area contributed by atoms with E-state index in [9.17, 15) is 0 Å². The highest BCUT2D eigenvalue weighted by molar-refractivity contribution is 4.77. The van der Waals surface area contributed by atoms with E-state index < -0.39 is 0 Å². The van der Waals surface area contributed by atoms with Crippen molar-refractivity contribution >= 4 is 0 Å². The molecule has 0 spiro atoms. The summed E-state index contributed by atoms with van der Waals surface area (Å²) in [6.45, 7) is 11.5. The van der Waals surface area contributed by atoms with E-state index >= 15 is 0 Å². The van der Waals surface area contributed by atoms with Crippen LogP contribution in [0.3, 0.4) is 0 Å². The van der Waals surface area contributed by atoms with Gasteiger partial charge in [0.05, 0.1) is 0 Å². The summed E-state index contributed by atoms with van der Waals surface area (Å²) in [5.74, 6) is 0.898. The molecule has 84 valence electrons. The van der Waals surface area contributed by atoms with Gasteiger partial charge in [0, 0.05) is 19.6 Å². The quantitative estimate of drug-likeness (QED) is 0.752. The Morgan fingerprint density at radius 3 is 2.64 bits per heavy atom. The molecular formula is C12H26N2. The SMILES string of the molecule is CC(C)(C)CC1CCCN(CCN)C1. The third kappa shape index (κ3) is 4.43. The second kappa shape index (κ2) is 5.13. The molecule has 1 unspecified atom stereocenters. The zero-order chi connectivity index (χ0) is 10.6. The highest BCUT2D eigenvalue weighted by Gasteiger charge is 2.23. The predicted octanol–water partition coefficient (Wildman–Crippen LogP) is 2.09. The number of rotatable bonds is 3. The fraction of sp³-hybridized carbons (Fsp3) is 1.00. The lowest BCUT2D eigenvalue weighted by molar-refractivity contribution is 0.144. The maximum Gasteiger partial charge on any atom is 0.0105 e. The number of hydrogen-bond acceptors (Lipinski definition) is 2. The molecule has 1 aliphatic rings. The van der Waals surface area contributed by atoms with Gasteiger partial charge in [-0.1, -0.05) is 20.8 Å². The van der Waals surface area contributed by atoms with Gasteiger partial charge in [-0.05, 0) is 37.1 Å². The van der Waals surface area contributed by atoms with E-state index in [4.69, 9.17) is 5.73 Å². The summed E-state index contributed by atoms with van der Waals surface area (Å²) in [6, 6.07) is 0. The Kier molecular flexibility index (Phi) is 4.39. The molecule has 2 nitrogen and oxygen atoms in total. The maximum absolute atomic E-state index is 5.59. The van der Waals surface area contributed by atoms with E-state index in [-0.39, 0.29) is 0 Å². The Morgan fingerprint density at radius 2 is 2.07 bits per heavy atom. The van der Waals surface area contributed by atoms with Gasteiger partial charge >= 0.3 is 0 Å². The summed E-state index contributed by atoms with van der Waals surface area (Å²) in [6.07, 6.45) is 4.13. The second-order valence-electron chi connectivity index (χ2n) is 5.86. The van der Waals surface area contributed by atoms with Crippen LogP contribution in [0.5, 0.6) is 0 Å². The van der Waals surface area contributed by atoms with Crippen molar-refractivity contribution in [1.29, 1.82) is 0 Å². The number of nitrogens with zero attached hydrogens (tertiary/aromatic N) is 1. The summed E-state index contributed by atoms with van der Waals surface area (Å²) in [5.41, 5.74) is 6.07. The van der Waals surface area contributed by atoms with Crippen LogP contribution in [0.1, 0.15) is 40.0 Å². The Hall–Kier alpha value is -0.0800. The van der Waals surface area contributed by atoms with Crippen molar-refractivity contribution in [2.24, 2.45) is 17.1 Å². The zero-order valence-corrected chi connectivity index (χ0v) is 10.1. The minimum Gasteiger partial charge on any atom is -0.329 e. The molecular weight excluding hydrogens is 172 g/mol. The molecule has 2 N–H and O–H groups in total. The van der Waals surface area contributed by atoms with Gasteiger partial charge in [0.2, 0.25) is 0 Å². The Bertz CT molecular complexity index is 158. The summed E-state index contributed by atoms with van der Waals surface area (Å²) in [4.78, 5) is 2.53. The van der Waals surface area contributed by atoms with E-state index in [2.05, 4.69) is 25.7 Å². The normalized spacial score (nSPS) is 25.3. The van der Waals surface area contributed by atoms with Crippen LogP contribution in [0.25, 0.3) is 0 Å². The van der Waals surface area contributed by atoms with Crippen LogP contribution in [0.2, 0.25) is 0 Å². The molecule has 1 fully saturated rings. The molecule has 0 aromatic heterocycles. The molecule has 0 bridgehead atoms. The van der Waals surface area contributed by atoms with Crippen molar-refractivity contribution in [1.82, 2.24) is 4.90 Å². The van der Waals surface area contributed by atoms with E-state index in [0.717, 1.165) is 19.0 Å². The summed E-state index contributed by atoms with van der Waals surface area (Å²) < 4.78 is 0. The van der Waals surface area contributed by atoms with Crippen LogP contribution >= 0.6 is 0 Å². The lowest BCUT2D eigenvalue weighted by atomic mass is 9.81. The standard InChI is InChI=1S/C12H26N2/c1-12(2,3)9-11-5-4-7-14(10-11)8-6-13/h11H,4-10,13H2,1-3H3. The van der Waals surface area contributed by atoms with Crippen molar-refractivity contribution < 1.29 is 0 Å². The van der Waals surface area contributed by atoms with Crippen LogP contribution in [-0.4, -0.2) is 31.1 Å². The third-order valence-corrected chi connectivity index (χ3v) is 2.95. The molecule has 0 saturated carbocycles. The van der Waals surface area contributed by atoms with Gasteiger partial charge in [-0.25, -0.2) is 0 Å². The molecule has 0 radical (unpaired) electrons. The van der Waals surface area contributed by atoms with Gasteiger partial charge < -0.3 is 10.6 Å². The molecule has 1 rings (SSSR count). The molecule has 0 aromatic rings. The molecule has 0 aromatic carbocycles. The number of likely N-dealkylation sites (tertiary alicyclic amines) is 1. The van der Waals surface area contributed by atoms with Gasteiger partial charge in [-0.15, -0.1) is 0 Å². The summed E-state index contributed by atoms with van der Waals surface area (Å²) in [5, 5.41) is 0. The molecule has 0 aliphatic carbocycles. The Morgan fingerprint density at radius 1 is 1.36 bits per heavy atom. The van der Waals surface area contributed by atoms with Crippen LogP contribution in [-0.2, 0) is 0 Å². The smallest absolute Gasteiger partial charge is 0.0105 e. The molecule has 0 amide bonds. The van der Waals surface area contributed by atoms with E-state index in [0.29, 0.717) is 5.41 Å². The molecule has 1 atom stereocenters. The largest absolute Gasteiger partial charge is 0.329 e. The number of hydrogen-bond donors (Lipinski definition) is 1. The van der Waals surface area contributed by atoms with Gasteiger partial charge in [-0.2, -0.15) is 0 Å². The number of piperidine rings is 1. The fourth-order valence-corrected chi connectivity index (χ4v) is 2.57. The predicted molar refractivity (Wildman–Crippen MR) is 62.3 cm³/mol. The topological polar surface area (TPSA) is 29.3 Å². The van der Waals surface area contributed by atoms with Gasteiger partial charge in [0.1, 0.15) is 0 Å². The van der Waals surface area contributed by atoms with Crippen LogP contribution in [0.4, 0.5) is 0 Å². The molecule has 2 heteroatoms. The highest BCUT2D eigenvalue weighted by atomic mass is 15.1. The van der Waals surface area contributed by atoms with Crippen LogP contribution in [0.15, 0.2) is 0 Å². The first kappa shape index (κ1) is 12.0.